The van der Waals surface area contributed by atoms with Crippen LogP contribution in [0.2, 0.25) is 0 Å². The second-order valence-electron chi connectivity index (χ2n) is 8.83. The molecule has 0 bridgehead atoms. The Balaban J connectivity index is 1.32. The molecule has 3 aliphatic rings. The molecule has 0 unspecified atom stereocenters. The molecule has 31 heavy (non-hydrogen) atoms. The topological polar surface area (TPSA) is 72.6 Å². The highest BCUT2D eigenvalue weighted by Gasteiger charge is 2.32. The molecule has 4 aromatic heterocycles. The molecule has 0 amide bonds. The first-order valence-electron chi connectivity index (χ1n) is 11.2. The number of aromatic nitrogens is 6. The summed E-state index contributed by atoms with van der Waals surface area (Å²) in [6.07, 6.45) is 11.0. The SMILES string of the molecule is c1cncc(-c2nnc3n2CCN(c2nc(C4CC4)nc4sc5c(c24)CCCC5)C3)c1. The zero-order valence-corrected chi connectivity index (χ0v) is 18.1. The Morgan fingerprint density at radius 2 is 1.97 bits per heavy atom. The van der Waals surface area contributed by atoms with Gasteiger partial charge in [-0.2, -0.15) is 0 Å². The summed E-state index contributed by atoms with van der Waals surface area (Å²) in [7, 11) is 0. The third-order valence-corrected chi connectivity index (χ3v) is 7.91. The molecule has 0 aromatic carbocycles. The van der Waals surface area contributed by atoms with Crippen molar-refractivity contribution >= 4 is 27.4 Å². The molecule has 0 radical (unpaired) electrons. The molecule has 1 fully saturated rings. The summed E-state index contributed by atoms with van der Waals surface area (Å²) >= 11 is 1.91. The van der Waals surface area contributed by atoms with Gasteiger partial charge in [0.2, 0.25) is 0 Å². The van der Waals surface area contributed by atoms with Gasteiger partial charge in [0.25, 0.3) is 0 Å². The maximum atomic E-state index is 5.16. The van der Waals surface area contributed by atoms with Crippen LogP contribution >= 0.6 is 11.3 Å². The minimum atomic E-state index is 0.549. The van der Waals surface area contributed by atoms with Crippen molar-refractivity contribution in [1.82, 2.24) is 29.7 Å². The molecule has 7 nitrogen and oxygen atoms in total. The minimum Gasteiger partial charge on any atom is -0.347 e. The van der Waals surface area contributed by atoms with E-state index in [-0.39, 0.29) is 0 Å². The summed E-state index contributed by atoms with van der Waals surface area (Å²) in [6, 6.07) is 3.99. The normalized spacial score (nSPS) is 18.3. The van der Waals surface area contributed by atoms with Crippen LogP contribution in [0.15, 0.2) is 24.5 Å². The molecule has 5 heterocycles. The van der Waals surface area contributed by atoms with Crippen LogP contribution in [0.25, 0.3) is 21.6 Å². The van der Waals surface area contributed by atoms with Gasteiger partial charge in [-0.1, -0.05) is 0 Å². The maximum Gasteiger partial charge on any atom is 0.165 e. The Hall–Kier alpha value is -2.87. The lowest BCUT2D eigenvalue weighted by atomic mass is 9.97. The lowest BCUT2D eigenvalue weighted by Gasteiger charge is -2.30. The third-order valence-electron chi connectivity index (χ3n) is 6.73. The Morgan fingerprint density at radius 1 is 1.03 bits per heavy atom. The van der Waals surface area contributed by atoms with Gasteiger partial charge in [-0.25, -0.2) is 9.97 Å². The standard InChI is InChI=1S/C23H23N7S/c1-2-6-17-16(5-1)19-22(25-20(14-7-8-14)26-23(19)31-17)29-10-11-30-18(13-29)27-28-21(30)15-4-3-9-24-12-15/h3-4,9,12,14H,1-2,5-8,10-11,13H2. The van der Waals surface area contributed by atoms with Crippen molar-refractivity contribution in [3.8, 4) is 11.4 Å². The number of thiophene rings is 1. The van der Waals surface area contributed by atoms with E-state index < -0.39 is 0 Å². The minimum absolute atomic E-state index is 0.549. The van der Waals surface area contributed by atoms with Crippen LogP contribution in [0.4, 0.5) is 5.82 Å². The summed E-state index contributed by atoms with van der Waals surface area (Å²) in [6.45, 7) is 2.48. The molecule has 0 atom stereocenters. The number of pyridine rings is 1. The van der Waals surface area contributed by atoms with E-state index in [2.05, 4.69) is 24.6 Å². The second-order valence-corrected chi connectivity index (χ2v) is 9.91. The van der Waals surface area contributed by atoms with E-state index in [1.54, 1.807) is 6.20 Å². The largest absolute Gasteiger partial charge is 0.347 e. The van der Waals surface area contributed by atoms with Gasteiger partial charge in [0.15, 0.2) is 11.6 Å². The molecular weight excluding hydrogens is 406 g/mol. The molecule has 0 spiro atoms. The van der Waals surface area contributed by atoms with E-state index in [1.165, 1.54) is 52.8 Å². The van der Waals surface area contributed by atoms with Crippen molar-refractivity contribution in [2.75, 3.05) is 11.4 Å². The summed E-state index contributed by atoms with van der Waals surface area (Å²) in [5, 5.41) is 10.3. The molecule has 156 valence electrons. The quantitative estimate of drug-likeness (QED) is 0.488. The van der Waals surface area contributed by atoms with E-state index in [0.717, 1.165) is 54.9 Å². The van der Waals surface area contributed by atoms with Crippen LogP contribution in [0.1, 0.15) is 53.7 Å². The van der Waals surface area contributed by atoms with Crippen molar-refractivity contribution in [2.45, 2.75) is 57.5 Å². The molecule has 8 heteroatoms. The predicted octanol–water partition coefficient (Wildman–Crippen LogP) is 4.12. The van der Waals surface area contributed by atoms with Gasteiger partial charge < -0.3 is 9.47 Å². The highest BCUT2D eigenvalue weighted by molar-refractivity contribution is 7.19. The fourth-order valence-corrected chi connectivity index (χ4v) is 6.22. The maximum absolute atomic E-state index is 5.16. The first kappa shape index (κ1) is 17.8. The smallest absolute Gasteiger partial charge is 0.165 e. The Labute approximate surface area is 184 Å². The van der Waals surface area contributed by atoms with Gasteiger partial charge >= 0.3 is 0 Å². The Kier molecular flexibility index (Phi) is 3.91. The molecule has 0 N–H and O–H groups in total. The average Bonchev–Trinajstić information content (AvgIpc) is 3.48. The second kappa shape index (κ2) is 6.82. The van der Waals surface area contributed by atoms with Gasteiger partial charge in [-0.05, 0) is 56.2 Å². The monoisotopic (exact) mass is 429 g/mol. The highest BCUT2D eigenvalue weighted by atomic mass is 32.1. The summed E-state index contributed by atoms with van der Waals surface area (Å²) in [5.41, 5.74) is 2.52. The molecule has 1 aliphatic heterocycles. The summed E-state index contributed by atoms with van der Waals surface area (Å²) in [4.78, 5) is 19.6. The first-order chi connectivity index (χ1) is 15.3. The van der Waals surface area contributed by atoms with Crippen molar-refractivity contribution in [3.63, 3.8) is 0 Å². The molecule has 0 saturated heterocycles. The number of nitrogens with zero attached hydrogens (tertiary/aromatic N) is 7. The fourth-order valence-electron chi connectivity index (χ4n) is 4.95. The van der Waals surface area contributed by atoms with Crippen LogP contribution in [-0.4, -0.2) is 36.3 Å². The third kappa shape index (κ3) is 2.88. The fraction of sp³-hybridized carbons (Fsp3) is 0.435. The van der Waals surface area contributed by atoms with Crippen LogP contribution in [0, 0.1) is 0 Å². The Bertz CT molecular complexity index is 1290. The predicted molar refractivity (Wildman–Crippen MR) is 120 cm³/mol. The Morgan fingerprint density at radius 3 is 2.84 bits per heavy atom. The van der Waals surface area contributed by atoms with E-state index >= 15 is 0 Å². The number of anilines is 1. The summed E-state index contributed by atoms with van der Waals surface area (Å²) in [5.74, 6) is 4.62. The van der Waals surface area contributed by atoms with Crippen LogP contribution in [-0.2, 0) is 25.9 Å². The van der Waals surface area contributed by atoms with Gasteiger partial charge in [0.05, 0.1) is 11.9 Å². The number of hydrogen-bond donors (Lipinski definition) is 0. The van der Waals surface area contributed by atoms with E-state index in [1.807, 2.05) is 29.7 Å². The summed E-state index contributed by atoms with van der Waals surface area (Å²) < 4.78 is 2.23. The van der Waals surface area contributed by atoms with E-state index in [9.17, 15) is 0 Å². The molecule has 2 aliphatic carbocycles. The van der Waals surface area contributed by atoms with Crippen molar-refractivity contribution in [2.24, 2.45) is 0 Å². The number of fused-ring (bicyclic) bond motifs is 4. The van der Waals surface area contributed by atoms with Gasteiger partial charge in [0.1, 0.15) is 16.5 Å². The number of hydrogen-bond acceptors (Lipinski definition) is 7. The zero-order chi connectivity index (χ0) is 20.4. The van der Waals surface area contributed by atoms with Crippen LogP contribution < -0.4 is 4.90 Å². The highest BCUT2D eigenvalue weighted by Crippen LogP contribution is 2.44. The van der Waals surface area contributed by atoms with Crippen molar-refractivity contribution < 1.29 is 0 Å². The van der Waals surface area contributed by atoms with Gasteiger partial charge in [0, 0.05) is 41.8 Å². The number of aryl methyl sites for hydroxylation is 2. The first-order valence-corrected chi connectivity index (χ1v) is 12.1. The van der Waals surface area contributed by atoms with Crippen molar-refractivity contribution in [3.05, 3.63) is 46.6 Å². The van der Waals surface area contributed by atoms with Crippen molar-refractivity contribution in [1.29, 1.82) is 0 Å². The van der Waals surface area contributed by atoms with E-state index in [0.29, 0.717) is 5.92 Å². The molecule has 7 rings (SSSR count). The van der Waals surface area contributed by atoms with Gasteiger partial charge in [-0.15, -0.1) is 21.5 Å². The molecule has 1 saturated carbocycles. The van der Waals surface area contributed by atoms with Gasteiger partial charge in [-0.3, -0.25) is 4.98 Å². The lowest BCUT2D eigenvalue weighted by molar-refractivity contribution is 0.560. The lowest BCUT2D eigenvalue weighted by Crippen LogP contribution is -2.35. The van der Waals surface area contributed by atoms with E-state index in [4.69, 9.17) is 9.97 Å². The zero-order valence-electron chi connectivity index (χ0n) is 17.3. The number of rotatable bonds is 3. The average molecular weight is 430 g/mol. The van der Waals surface area contributed by atoms with Crippen LogP contribution in [0.3, 0.4) is 0 Å². The molecule has 4 aromatic rings. The molecular formula is C23H23N7S. The van der Waals surface area contributed by atoms with Crippen LogP contribution in [0.5, 0.6) is 0 Å².